The lowest BCUT2D eigenvalue weighted by molar-refractivity contribution is 0.546. The van der Waals surface area contributed by atoms with Crippen LogP contribution in [0.15, 0.2) is 54.7 Å². The van der Waals surface area contributed by atoms with Crippen LogP contribution in [0.1, 0.15) is 11.1 Å². The van der Waals surface area contributed by atoms with Gasteiger partial charge in [0, 0.05) is 17.4 Å². The maximum Gasteiger partial charge on any atom is 0.249 e. The molecule has 2 aromatic carbocycles. The number of aromatic nitrogens is 2. The highest BCUT2D eigenvalue weighted by Crippen LogP contribution is 2.32. The first-order valence-electron chi connectivity index (χ1n) is 7.85. The zero-order valence-electron chi connectivity index (χ0n) is 14.5. The number of aryl methyl sites for hydroxylation is 2. The van der Waals surface area contributed by atoms with Crippen LogP contribution in [0.4, 0.5) is 0 Å². The van der Waals surface area contributed by atoms with E-state index in [1.165, 1.54) is 12.5 Å². The van der Waals surface area contributed by atoms with Crippen molar-refractivity contribution in [3.05, 3.63) is 65.9 Å². The first-order chi connectivity index (χ1) is 11.8. The molecule has 1 atom stereocenters. The number of benzene rings is 2. The van der Waals surface area contributed by atoms with E-state index in [4.69, 9.17) is 4.18 Å². The van der Waals surface area contributed by atoms with E-state index in [1.807, 2.05) is 44.2 Å². The van der Waals surface area contributed by atoms with E-state index >= 15 is 0 Å². The summed E-state index contributed by atoms with van der Waals surface area (Å²) in [6, 6.07) is 16.0. The quantitative estimate of drug-likeness (QED) is 0.664. The molecule has 5 heteroatoms. The fourth-order valence-electron chi connectivity index (χ4n) is 2.58. The largest absolute Gasteiger partial charge is 0.387 e. The van der Waals surface area contributed by atoms with E-state index in [1.54, 1.807) is 0 Å². The van der Waals surface area contributed by atoms with Crippen molar-refractivity contribution >= 4 is 15.7 Å². The molecular weight excluding hydrogens is 332 g/mol. The van der Waals surface area contributed by atoms with Crippen LogP contribution >= 0.6 is 0 Å². The van der Waals surface area contributed by atoms with Crippen molar-refractivity contribution in [3.63, 3.8) is 0 Å². The third-order valence-electron chi connectivity index (χ3n) is 3.71. The fraction of sp³-hybridized carbons (Fsp3) is 0.150. The van der Waals surface area contributed by atoms with Gasteiger partial charge in [-0.1, -0.05) is 48.0 Å². The monoisotopic (exact) mass is 352 g/mol. The number of rotatable bonds is 4. The first kappa shape index (κ1) is 17.2. The first-order valence-corrected chi connectivity index (χ1v) is 9.91. The van der Waals surface area contributed by atoms with Crippen LogP contribution in [-0.2, 0) is 9.80 Å². The summed E-state index contributed by atoms with van der Waals surface area (Å²) in [6.07, 6.45) is 2.92. The highest BCUT2D eigenvalue weighted by Gasteiger charge is 2.15. The van der Waals surface area contributed by atoms with Crippen molar-refractivity contribution in [2.75, 3.05) is 6.26 Å². The van der Waals surface area contributed by atoms with Crippen LogP contribution in [0.25, 0.3) is 22.5 Å². The number of hydrogen-bond donors (Lipinski definition) is 0. The Bertz CT molecular complexity index is 1010. The van der Waals surface area contributed by atoms with E-state index in [-0.39, 0.29) is 5.88 Å². The van der Waals surface area contributed by atoms with Gasteiger partial charge in [-0.2, -0.15) is 0 Å². The van der Waals surface area contributed by atoms with E-state index in [2.05, 4.69) is 34.0 Å². The molecule has 1 unspecified atom stereocenters. The molecular formula is C20H20N2O2S. The molecule has 0 spiro atoms. The fourth-order valence-corrected chi connectivity index (χ4v) is 3.02. The minimum atomic E-state index is -2.67. The van der Waals surface area contributed by atoms with Gasteiger partial charge in [-0.05, 0) is 31.3 Å². The Balaban J connectivity index is 2.24. The third kappa shape index (κ3) is 4.06. The second-order valence-corrected chi connectivity index (χ2v) is 8.12. The van der Waals surface area contributed by atoms with Gasteiger partial charge in [0.05, 0.1) is 11.9 Å². The molecule has 0 aliphatic rings. The summed E-state index contributed by atoms with van der Waals surface area (Å²) in [5, 5.41) is 0. The molecule has 0 aliphatic carbocycles. The lowest BCUT2D eigenvalue weighted by Gasteiger charge is -2.13. The molecule has 3 aromatic rings. The predicted octanol–water partition coefficient (Wildman–Crippen LogP) is 4.07. The minimum absolute atomic E-state index is 0.207. The molecule has 0 saturated heterocycles. The molecule has 0 aliphatic heterocycles. The zero-order valence-corrected chi connectivity index (χ0v) is 15.3. The molecule has 0 saturated carbocycles. The van der Waals surface area contributed by atoms with Gasteiger partial charge in [0.15, 0.2) is 0 Å². The summed E-state index contributed by atoms with van der Waals surface area (Å²) >= 11 is 0. The van der Waals surface area contributed by atoms with E-state index in [0.717, 1.165) is 27.9 Å². The highest BCUT2D eigenvalue weighted by molar-refractivity contribution is 7.95. The summed E-state index contributed by atoms with van der Waals surface area (Å²) in [5.74, 6) is 3.72. The van der Waals surface area contributed by atoms with E-state index in [0.29, 0.717) is 5.69 Å². The number of nitrogens with zero attached hydrogens (tertiary/aromatic N) is 2. The molecule has 4 nitrogen and oxygen atoms in total. The molecule has 1 aromatic heterocycles. The maximum absolute atomic E-state index is 11.9. The summed E-state index contributed by atoms with van der Waals surface area (Å²) in [5.41, 5.74) is 5.61. The molecule has 3 rings (SSSR count). The van der Waals surface area contributed by atoms with Crippen molar-refractivity contribution in [1.82, 2.24) is 9.97 Å². The molecule has 25 heavy (non-hydrogen) atoms. The summed E-state index contributed by atoms with van der Waals surface area (Å²) < 4.78 is 17.2. The maximum atomic E-state index is 11.9. The molecule has 0 radical (unpaired) electrons. The van der Waals surface area contributed by atoms with Gasteiger partial charge in [0.1, 0.15) is 15.5 Å². The number of hydrogen-bond acceptors (Lipinski definition) is 4. The Morgan fingerprint density at radius 1 is 1.04 bits per heavy atom. The topological polar surface area (TPSA) is 52.1 Å². The normalized spacial score (nSPS) is 13.2. The van der Waals surface area contributed by atoms with Gasteiger partial charge in [0.2, 0.25) is 5.88 Å². The smallest absolute Gasteiger partial charge is 0.249 e. The van der Waals surface area contributed by atoms with Crippen molar-refractivity contribution < 1.29 is 8.39 Å². The Kier molecular flexibility index (Phi) is 4.59. The molecule has 0 fully saturated rings. The lowest BCUT2D eigenvalue weighted by atomic mass is 9.98. The SMILES string of the molecule is C=S(C)(=O)Oc1cnc(-c2ccccc2)c(-c2cc(C)ccc2C)n1. The molecule has 0 N–H and O–H groups in total. The van der Waals surface area contributed by atoms with Crippen LogP contribution in [0.2, 0.25) is 0 Å². The lowest BCUT2D eigenvalue weighted by Crippen LogP contribution is -2.08. The molecule has 1 heterocycles. The summed E-state index contributed by atoms with van der Waals surface area (Å²) in [4.78, 5) is 9.14. The Morgan fingerprint density at radius 2 is 1.76 bits per heavy atom. The third-order valence-corrected chi connectivity index (χ3v) is 4.23. The average Bonchev–Trinajstić information content (AvgIpc) is 2.56. The van der Waals surface area contributed by atoms with Crippen molar-refractivity contribution in [2.24, 2.45) is 0 Å². The van der Waals surface area contributed by atoms with Gasteiger partial charge in [-0.25, -0.2) is 14.2 Å². The Morgan fingerprint density at radius 3 is 2.44 bits per heavy atom. The zero-order chi connectivity index (χ0) is 18.0. The van der Waals surface area contributed by atoms with Gasteiger partial charge in [0.25, 0.3) is 0 Å². The Labute approximate surface area is 148 Å². The second-order valence-electron chi connectivity index (χ2n) is 6.10. The average molecular weight is 352 g/mol. The van der Waals surface area contributed by atoms with Gasteiger partial charge < -0.3 is 4.18 Å². The predicted molar refractivity (Wildman–Crippen MR) is 104 cm³/mol. The van der Waals surface area contributed by atoms with Crippen LogP contribution < -0.4 is 4.18 Å². The highest BCUT2D eigenvalue weighted by atomic mass is 32.2. The molecule has 0 amide bonds. The van der Waals surface area contributed by atoms with Crippen molar-refractivity contribution in [2.45, 2.75) is 13.8 Å². The summed E-state index contributed by atoms with van der Waals surface area (Å²) in [7, 11) is -2.67. The van der Waals surface area contributed by atoms with E-state index in [9.17, 15) is 4.21 Å². The van der Waals surface area contributed by atoms with Crippen LogP contribution in [0.3, 0.4) is 0 Å². The molecule has 0 bridgehead atoms. The van der Waals surface area contributed by atoms with Crippen LogP contribution in [0, 0.1) is 13.8 Å². The van der Waals surface area contributed by atoms with E-state index < -0.39 is 9.80 Å². The van der Waals surface area contributed by atoms with Crippen LogP contribution in [0.5, 0.6) is 5.88 Å². The molecule has 128 valence electrons. The van der Waals surface area contributed by atoms with Gasteiger partial charge >= 0.3 is 0 Å². The van der Waals surface area contributed by atoms with Gasteiger partial charge in [-0.15, -0.1) is 0 Å². The second kappa shape index (κ2) is 6.69. The van der Waals surface area contributed by atoms with Crippen LogP contribution in [-0.4, -0.2) is 26.3 Å². The van der Waals surface area contributed by atoms with Crippen molar-refractivity contribution in [3.8, 4) is 28.4 Å². The van der Waals surface area contributed by atoms with Crippen molar-refractivity contribution in [1.29, 1.82) is 0 Å². The standard InChI is InChI=1S/C20H20N2O2S/c1-14-10-11-15(2)17(12-14)20-19(16-8-6-5-7-9-16)21-13-18(22-20)24-25(3,4)23/h5-13H,3H2,1-2,4H3. The van der Waals surface area contributed by atoms with Gasteiger partial charge in [-0.3, -0.25) is 0 Å². The Hall–Kier alpha value is -2.66. The summed E-state index contributed by atoms with van der Waals surface area (Å²) in [6.45, 7) is 4.07. The minimum Gasteiger partial charge on any atom is -0.387 e.